The van der Waals surface area contributed by atoms with Crippen molar-refractivity contribution in [3.63, 3.8) is 0 Å². The Morgan fingerprint density at radius 3 is 2.55 bits per heavy atom. The summed E-state index contributed by atoms with van der Waals surface area (Å²) in [5.41, 5.74) is 2.07. The van der Waals surface area contributed by atoms with Crippen LogP contribution in [-0.4, -0.2) is 34.7 Å². The lowest BCUT2D eigenvalue weighted by Gasteiger charge is -2.13. The lowest BCUT2D eigenvalue weighted by atomic mass is 10.2. The topological polar surface area (TPSA) is 96.5 Å². The minimum absolute atomic E-state index is 0.190. The second-order valence-corrected chi connectivity index (χ2v) is 12.1. The van der Waals surface area contributed by atoms with Gasteiger partial charge in [-0.25, -0.2) is 0 Å². The highest BCUT2D eigenvalue weighted by atomic mass is 79.9. The Morgan fingerprint density at radius 1 is 1.05 bits per heavy atom. The minimum Gasteiger partial charge on any atom is -0.483 e. The first-order valence-corrected chi connectivity index (χ1v) is 15.2. The molecule has 3 aromatic carbocycles. The molecule has 2 heterocycles. The largest absolute Gasteiger partial charge is 0.483 e. The molecular formula is C30H21Br2ClN4O4S. The van der Waals surface area contributed by atoms with E-state index in [4.69, 9.17) is 20.8 Å². The lowest BCUT2D eigenvalue weighted by Crippen LogP contribution is -2.28. The van der Waals surface area contributed by atoms with Crippen molar-refractivity contribution in [2.75, 3.05) is 11.9 Å². The average molecular weight is 729 g/mol. The summed E-state index contributed by atoms with van der Waals surface area (Å²) < 4.78 is 13.1. The van der Waals surface area contributed by atoms with Crippen LogP contribution in [0.25, 0.3) is 6.08 Å². The van der Waals surface area contributed by atoms with E-state index in [1.165, 1.54) is 16.7 Å². The van der Waals surface area contributed by atoms with Gasteiger partial charge in [0.15, 0.2) is 11.8 Å². The molecule has 1 aromatic heterocycles. The molecule has 1 aliphatic rings. The summed E-state index contributed by atoms with van der Waals surface area (Å²) in [4.78, 5) is 28.0. The molecule has 12 heteroatoms. The van der Waals surface area contributed by atoms with Crippen LogP contribution in [0.2, 0.25) is 5.02 Å². The maximum Gasteiger partial charge on any atom is 0.267 e. The van der Waals surface area contributed by atoms with E-state index in [0.29, 0.717) is 37.9 Å². The third-order valence-electron chi connectivity index (χ3n) is 5.75. The number of halogens is 3. The molecule has 0 saturated carbocycles. The summed E-state index contributed by atoms with van der Waals surface area (Å²) in [7, 11) is 0. The first-order valence-electron chi connectivity index (χ1n) is 12.4. The SMILES string of the molecule is O=C(COc1ccc(Br)cc1/C=C1\S/C(=N\N=C\c2ccc(Br)cc2)N(Cc2ccco2)C1=O)Nc1ccc(Cl)cc1. The number of carbonyl (C=O) groups is 2. The molecule has 0 bridgehead atoms. The normalized spacial score (nSPS) is 15.2. The number of carbonyl (C=O) groups excluding carboxylic acids is 2. The average Bonchev–Trinajstić information content (AvgIpc) is 3.59. The van der Waals surface area contributed by atoms with E-state index in [9.17, 15) is 9.59 Å². The summed E-state index contributed by atoms with van der Waals surface area (Å²) in [5, 5.41) is 12.3. The predicted molar refractivity (Wildman–Crippen MR) is 174 cm³/mol. The Morgan fingerprint density at radius 2 is 1.81 bits per heavy atom. The van der Waals surface area contributed by atoms with Gasteiger partial charge >= 0.3 is 0 Å². The van der Waals surface area contributed by atoms with Crippen LogP contribution in [-0.2, 0) is 16.1 Å². The number of nitrogens with zero attached hydrogens (tertiary/aromatic N) is 3. The fraction of sp³-hybridized carbons (Fsp3) is 0.0667. The van der Waals surface area contributed by atoms with Crippen molar-refractivity contribution in [1.29, 1.82) is 0 Å². The van der Waals surface area contributed by atoms with Crippen molar-refractivity contribution in [2.45, 2.75) is 6.54 Å². The number of hydrogen-bond donors (Lipinski definition) is 1. The number of amides is 2. The Labute approximate surface area is 267 Å². The van der Waals surface area contributed by atoms with Crippen LogP contribution in [0, 0.1) is 0 Å². The number of anilines is 1. The third-order valence-corrected chi connectivity index (χ3v) is 8.02. The Hall–Kier alpha value is -3.64. The van der Waals surface area contributed by atoms with Crippen LogP contribution in [0.1, 0.15) is 16.9 Å². The molecule has 1 N–H and O–H groups in total. The molecule has 0 aliphatic carbocycles. The lowest BCUT2D eigenvalue weighted by molar-refractivity contribution is -0.122. The molecule has 8 nitrogen and oxygen atoms in total. The molecule has 0 radical (unpaired) electrons. The van der Waals surface area contributed by atoms with Gasteiger partial charge in [0.05, 0.1) is 23.9 Å². The molecule has 212 valence electrons. The van der Waals surface area contributed by atoms with E-state index in [2.05, 4.69) is 47.4 Å². The van der Waals surface area contributed by atoms with Gasteiger partial charge in [-0.15, -0.1) is 5.10 Å². The molecule has 0 unspecified atom stereocenters. The second kappa shape index (κ2) is 14.0. The van der Waals surface area contributed by atoms with Gasteiger partial charge in [-0.2, -0.15) is 5.10 Å². The number of thioether (sulfide) groups is 1. The van der Waals surface area contributed by atoms with Gasteiger partial charge < -0.3 is 14.5 Å². The van der Waals surface area contributed by atoms with Gasteiger partial charge in [0, 0.05) is 25.2 Å². The van der Waals surface area contributed by atoms with E-state index >= 15 is 0 Å². The van der Waals surface area contributed by atoms with Crippen LogP contribution in [0.4, 0.5) is 5.69 Å². The molecule has 1 saturated heterocycles. The maximum atomic E-state index is 13.5. The zero-order valence-electron chi connectivity index (χ0n) is 21.7. The minimum atomic E-state index is -0.340. The first kappa shape index (κ1) is 29.8. The second-order valence-electron chi connectivity index (χ2n) is 8.79. The number of nitrogens with one attached hydrogen (secondary N) is 1. The molecule has 0 spiro atoms. The van der Waals surface area contributed by atoms with Gasteiger partial charge in [0.1, 0.15) is 11.5 Å². The molecule has 1 aliphatic heterocycles. The van der Waals surface area contributed by atoms with Crippen LogP contribution in [0.15, 0.2) is 114 Å². The molecule has 1 fully saturated rings. The highest BCUT2D eigenvalue weighted by molar-refractivity contribution is 9.10. The van der Waals surface area contributed by atoms with Gasteiger partial charge in [-0.05, 0) is 90.1 Å². The van der Waals surface area contributed by atoms with Gasteiger partial charge in [0.2, 0.25) is 0 Å². The van der Waals surface area contributed by atoms with Crippen LogP contribution >= 0.6 is 55.2 Å². The Bertz CT molecular complexity index is 1670. The molecule has 4 aromatic rings. The summed E-state index contributed by atoms with van der Waals surface area (Å²) >= 11 is 14.0. The number of rotatable bonds is 9. The summed E-state index contributed by atoms with van der Waals surface area (Å²) in [6.45, 7) is -0.0425. The van der Waals surface area contributed by atoms with Crippen molar-refractivity contribution in [1.82, 2.24) is 4.90 Å². The zero-order valence-corrected chi connectivity index (χ0v) is 26.4. The van der Waals surface area contributed by atoms with E-state index < -0.39 is 0 Å². The standard InChI is InChI=1S/C30H21Br2ClN4O4S/c31-21-5-3-19(4-6-21)16-34-36-30-37(17-25-2-1-13-40-25)29(39)27(42-30)15-20-14-22(32)7-12-26(20)41-18-28(38)35-24-10-8-23(33)9-11-24/h1-16H,17-18H2,(H,35,38)/b27-15-,34-16+,36-30-. The Balaban J connectivity index is 1.36. The Kier molecular flexibility index (Phi) is 9.96. The summed E-state index contributed by atoms with van der Waals surface area (Å²) in [6.07, 6.45) is 4.88. The number of benzene rings is 3. The van der Waals surface area contributed by atoms with E-state index in [-0.39, 0.29) is 25.0 Å². The molecule has 5 rings (SSSR count). The third kappa shape index (κ3) is 8.01. The fourth-order valence-electron chi connectivity index (χ4n) is 3.75. The zero-order chi connectivity index (χ0) is 29.5. The maximum absolute atomic E-state index is 13.5. The highest BCUT2D eigenvalue weighted by Gasteiger charge is 2.34. The predicted octanol–water partition coefficient (Wildman–Crippen LogP) is 7.98. The van der Waals surface area contributed by atoms with Crippen LogP contribution in [0.3, 0.4) is 0 Å². The molecule has 2 amide bonds. The smallest absolute Gasteiger partial charge is 0.267 e. The van der Waals surface area contributed by atoms with E-state index in [1.807, 2.05) is 30.3 Å². The van der Waals surface area contributed by atoms with Crippen molar-refractivity contribution >= 4 is 90.2 Å². The van der Waals surface area contributed by atoms with Crippen molar-refractivity contribution in [2.24, 2.45) is 10.2 Å². The monoisotopic (exact) mass is 726 g/mol. The summed E-state index contributed by atoms with van der Waals surface area (Å²) in [5.74, 6) is 0.433. The molecule has 0 atom stereocenters. The van der Waals surface area contributed by atoms with Crippen molar-refractivity contribution in [3.8, 4) is 5.75 Å². The first-order chi connectivity index (χ1) is 20.3. The van der Waals surface area contributed by atoms with Crippen molar-refractivity contribution in [3.05, 3.63) is 121 Å². The number of furan rings is 1. The highest BCUT2D eigenvalue weighted by Crippen LogP contribution is 2.36. The van der Waals surface area contributed by atoms with Crippen LogP contribution in [0.5, 0.6) is 5.75 Å². The number of hydrogen-bond acceptors (Lipinski definition) is 7. The molecule has 42 heavy (non-hydrogen) atoms. The van der Waals surface area contributed by atoms with E-state index in [1.54, 1.807) is 67.1 Å². The van der Waals surface area contributed by atoms with Gasteiger partial charge in [-0.1, -0.05) is 55.6 Å². The number of amidine groups is 1. The number of ether oxygens (including phenoxy) is 1. The van der Waals surface area contributed by atoms with Gasteiger partial charge in [-0.3, -0.25) is 14.5 Å². The van der Waals surface area contributed by atoms with Crippen molar-refractivity contribution < 1.29 is 18.7 Å². The summed E-state index contributed by atoms with van der Waals surface area (Å²) in [6, 6.07) is 23.3. The van der Waals surface area contributed by atoms with Crippen LogP contribution < -0.4 is 10.1 Å². The fourth-order valence-corrected chi connectivity index (χ4v) is 5.45. The van der Waals surface area contributed by atoms with Gasteiger partial charge in [0.25, 0.3) is 11.8 Å². The quantitative estimate of drug-likeness (QED) is 0.107. The molecular weight excluding hydrogens is 708 g/mol. The van der Waals surface area contributed by atoms with E-state index in [0.717, 1.165) is 14.5 Å².